The van der Waals surface area contributed by atoms with Gasteiger partial charge in [0.1, 0.15) is 0 Å². The number of aliphatic hydroxyl groups excluding tert-OH is 1. The monoisotopic (exact) mass is 156 g/mol. The minimum absolute atomic E-state index is 0.0969. The lowest BCUT2D eigenvalue weighted by molar-refractivity contribution is -0.153. The summed E-state index contributed by atoms with van der Waals surface area (Å²) in [5.74, 6) is 0.527. The number of cyclic esters (lactones) is 1. The Hall–Kier alpha value is -0.570. The molecule has 2 aliphatic rings. The lowest BCUT2D eigenvalue weighted by Crippen LogP contribution is -2.32. The second-order valence-corrected chi connectivity index (χ2v) is 3.46. The van der Waals surface area contributed by atoms with Crippen LogP contribution in [-0.4, -0.2) is 23.8 Å². The van der Waals surface area contributed by atoms with Crippen LogP contribution in [0, 0.1) is 11.8 Å². The zero-order chi connectivity index (χ0) is 7.84. The number of esters is 1. The summed E-state index contributed by atoms with van der Waals surface area (Å²) in [5, 5.41) is 9.42. The first-order valence-electron chi connectivity index (χ1n) is 4.11. The maximum Gasteiger partial charge on any atom is 0.306 e. The van der Waals surface area contributed by atoms with Crippen LogP contribution in [0.2, 0.25) is 0 Å². The van der Waals surface area contributed by atoms with Crippen LogP contribution < -0.4 is 0 Å². The van der Waals surface area contributed by atoms with Gasteiger partial charge in [0.2, 0.25) is 0 Å². The Morgan fingerprint density at radius 1 is 1.45 bits per heavy atom. The number of aliphatic hydroxyl groups is 1. The number of fused-ring (bicyclic) bond motifs is 1. The Morgan fingerprint density at radius 2 is 2.27 bits per heavy atom. The molecule has 2 fully saturated rings. The molecule has 3 heteroatoms. The fourth-order valence-corrected chi connectivity index (χ4v) is 2.09. The van der Waals surface area contributed by atoms with Crippen LogP contribution in [0.4, 0.5) is 0 Å². The van der Waals surface area contributed by atoms with Crippen molar-refractivity contribution in [3.63, 3.8) is 0 Å². The Morgan fingerprint density at radius 3 is 3.09 bits per heavy atom. The van der Waals surface area contributed by atoms with E-state index in [1.54, 1.807) is 0 Å². The molecule has 0 aromatic heterocycles. The largest absolute Gasteiger partial charge is 0.465 e. The van der Waals surface area contributed by atoms with Crippen LogP contribution in [0.5, 0.6) is 0 Å². The predicted octanol–water partition coefficient (Wildman–Crippen LogP) is 0.320. The van der Waals surface area contributed by atoms with Gasteiger partial charge in [-0.15, -0.1) is 0 Å². The maximum absolute atomic E-state index is 10.8. The highest BCUT2D eigenvalue weighted by atomic mass is 16.5. The molecule has 3 nitrogen and oxygen atoms in total. The van der Waals surface area contributed by atoms with E-state index >= 15 is 0 Å². The van der Waals surface area contributed by atoms with Crippen molar-refractivity contribution < 1.29 is 14.6 Å². The summed E-state index contributed by atoms with van der Waals surface area (Å²) in [6, 6.07) is 0. The van der Waals surface area contributed by atoms with E-state index in [0.717, 1.165) is 12.8 Å². The minimum Gasteiger partial charge on any atom is -0.465 e. The van der Waals surface area contributed by atoms with E-state index in [9.17, 15) is 9.90 Å². The molecule has 0 spiro atoms. The van der Waals surface area contributed by atoms with E-state index in [1.165, 1.54) is 0 Å². The first kappa shape index (κ1) is 7.10. The molecule has 3 unspecified atom stereocenters. The Balaban J connectivity index is 2.05. The van der Waals surface area contributed by atoms with Crippen LogP contribution in [0.1, 0.15) is 19.3 Å². The van der Waals surface area contributed by atoms with Gasteiger partial charge < -0.3 is 9.84 Å². The minimum atomic E-state index is -0.229. The summed E-state index contributed by atoms with van der Waals surface area (Å²) in [7, 11) is 0. The van der Waals surface area contributed by atoms with Gasteiger partial charge >= 0.3 is 5.97 Å². The number of carbonyl (C=O) groups excluding carboxylic acids is 1. The van der Waals surface area contributed by atoms with Crippen molar-refractivity contribution in [2.75, 3.05) is 6.61 Å². The van der Waals surface area contributed by atoms with E-state index < -0.39 is 0 Å². The van der Waals surface area contributed by atoms with Crippen molar-refractivity contribution in [1.29, 1.82) is 0 Å². The van der Waals surface area contributed by atoms with Gasteiger partial charge in [-0.05, 0) is 18.8 Å². The number of ether oxygens (including phenoxy) is 1. The van der Waals surface area contributed by atoms with Gasteiger partial charge in [-0.1, -0.05) is 0 Å². The topological polar surface area (TPSA) is 46.5 Å². The number of carbonyl (C=O) groups is 1. The van der Waals surface area contributed by atoms with Crippen molar-refractivity contribution in [1.82, 2.24) is 0 Å². The van der Waals surface area contributed by atoms with Crippen molar-refractivity contribution in [3.8, 4) is 0 Å². The molecule has 1 saturated carbocycles. The molecule has 1 heterocycles. The lowest BCUT2D eigenvalue weighted by Gasteiger charge is -2.25. The molecule has 0 bridgehead atoms. The standard InChI is InChI=1S/C8H12O3/c9-7-2-1-5-3-8(10)11-4-6(5)7/h5-7,9H,1-4H2. The first-order chi connectivity index (χ1) is 5.27. The fraction of sp³-hybridized carbons (Fsp3) is 0.875. The normalized spacial score (nSPS) is 43.4. The smallest absolute Gasteiger partial charge is 0.306 e. The summed E-state index contributed by atoms with van der Waals surface area (Å²) in [6.45, 7) is 0.435. The Labute approximate surface area is 65.4 Å². The van der Waals surface area contributed by atoms with Crippen LogP contribution >= 0.6 is 0 Å². The summed E-state index contributed by atoms with van der Waals surface area (Å²) >= 11 is 0. The molecule has 3 atom stereocenters. The van der Waals surface area contributed by atoms with E-state index in [-0.39, 0.29) is 18.0 Å². The molecule has 11 heavy (non-hydrogen) atoms. The van der Waals surface area contributed by atoms with Crippen LogP contribution in [0.15, 0.2) is 0 Å². The zero-order valence-electron chi connectivity index (χ0n) is 6.32. The van der Waals surface area contributed by atoms with E-state index in [0.29, 0.717) is 18.9 Å². The van der Waals surface area contributed by atoms with Gasteiger partial charge in [0, 0.05) is 12.3 Å². The average Bonchev–Trinajstić information content (AvgIpc) is 2.32. The summed E-state index contributed by atoms with van der Waals surface area (Å²) < 4.78 is 4.86. The molecule has 0 amide bonds. The van der Waals surface area contributed by atoms with Crippen LogP contribution in [-0.2, 0) is 9.53 Å². The molecular formula is C8H12O3. The van der Waals surface area contributed by atoms with Gasteiger partial charge in [0.15, 0.2) is 0 Å². The molecule has 0 aromatic rings. The van der Waals surface area contributed by atoms with E-state index in [4.69, 9.17) is 4.74 Å². The highest BCUT2D eigenvalue weighted by Gasteiger charge is 2.40. The maximum atomic E-state index is 10.8. The SMILES string of the molecule is O=C1CC2CCC(O)C2CO1. The molecule has 1 aliphatic carbocycles. The summed E-state index contributed by atoms with van der Waals surface area (Å²) in [4.78, 5) is 10.8. The molecule has 0 radical (unpaired) electrons. The third-order valence-corrected chi connectivity index (χ3v) is 2.80. The second kappa shape index (κ2) is 2.48. The predicted molar refractivity (Wildman–Crippen MR) is 37.8 cm³/mol. The average molecular weight is 156 g/mol. The van der Waals surface area contributed by atoms with Crippen molar-refractivity contribution >= 4 is 5.97 Å². The highest BCUT2D eigenvalue weighted by Crippen LogP contribution is 2.37. The highest BCUT2D eigenvalue weighted by molar-refractivity contribution is 5.70. The molecule has 1 saturated heterocycles. The fourth-order valence-electron chi connectivity index (χ4n) is 2.09. The summed E-state index contributed by atoms with van der Waals surface area (Å²) in [5.41, 5.74) is 0. The van der Waals surface area contributed by atoms with E-state index in [2.05, 4.69) is 0 Å². The van der Waals surface area contributed by atoms with Gasteiger partial charge in [-0.25, -0.2) is 0 Å². The molecule has 2 rings (SSSR count). The first-order valence-corrected chi connectivity index (χ1v) is 4.11. The third kappa shape index (κ3) is 1.13. The van der Waals surface area contributed by atoms with Gasteiger partial charge in [-0.2, -0.15) is 0 Å². The van der Waals surface area contributed by atoms with Gasteiger partial charge in [-0.3, -0.25) is 4.79 Å². The third-order valence-electron chi connectivity index (χ3n) is 2.80. The molecule has 1 aliphatic heterocycles. The lowest BCUT2D eigenvalue weighted by atomic mass is 9.91. The Kier molecular flexibility index (Phi) is 1.60. The van der Waals surface area contributed by atoms with Crippen molar-refractivity contribution in [2.45, 2.75) is 25.4 Å². The van der Waals surface area contributed by atoms with Gasteiger partial charge in [0.25, 0.3) is 0 Å². The van der Waals surface area contributed by atoms with Gasteiger partial charge in [0.05, 0.1) is 12.7 Å². The quantitative estimate of drug-likeness (QED) is 0.514. The summed E-state index contributed by atoms with van der Waals surface area (Å²) in [6.07, 6.45) is 2.11. The zero-order valence-corrected chi connectivity index (χ0v) is 6.32. The van der Waals surface area contributed by atoms with Crippen molar-refractivity contribution in [2.24, 2.45) is 11.8 Å². The number of rotatable bonds is 0. The molecule has 62 valence electrons. The van der Waals surface area contributed by atoms with Crippen molar-refractivity contribution in [3.05, 3.63) is 0 Å². The molecule has 1 N–H and O–H groups in total. The van der Waals surface area contributed by atoms with E-state index in [1.807, 2.05) is 0 Å². The molecular weight excluding hydrogens is 144 g/mol. The number of hydrogen-bond donors (Lipinski definition) is 1. The van der Waals surface area contributed by atoms with Crippen LogP contribution in [0.3, 0.4) is 0 Å². The second-order valence-electron chi connectivity index (χ2n) is 3.46. The van der Waals surface area contributed by atoms with Crippen LogP contribution in [0.25, 0.3) is 0 Å². The Bertz CT molecular complexity index is 178. The number of hydrogen-bond acceptors (Lipinski definition) is 3. The molecule has 0 aromatic carbocycles.